The minimum Gasteiger partial charge on any atom is -0.322 e. The molecule has 5 nitrogen and oxygen atoms in total. The van der Waals surface area contributed by atoms with E-state index in [1.165, 1.54) is 0 Å². The lowest BCUT2D eigenvalue weighted by atomic mass is 9.82. The highest BCUT2D eigenvalue weighted by Crippen LogP contribution is 2.35. The van der Waals surface area contributed by atoms with E-state index in [1.807, 2.05) is 18.2 Å². The van der Waals surface area contributed by atoms with Crippen LogP contribution >= 0.6 is 0 Å². The first kappa shape index (κ1) is 14.8. The van der Waals surface area contributed by atoms with Crippen LogP contribution in [0.4, 0.5) is 0 Å². The van der Waals surface area contributed by atoms with Gasteiger partial charge in [0.05, 0.1) is 0 Å². The Kier molecular flexibility index (Phi) is 3.31. The zero-order valence-electron chi connectivity index (χ0n) is 13.1. The first-order chi connectivity index (χ1) is 10.3. The van der Waals surface area contributed by atoms with E-state index in [-0.39, 0.29) is 29.6 Å². The number of hydrogen-bond donors (Lipinski definition) is 1. The predicted molar refractivity (Wildman–Crippen MR) is 81.2 cm³/mol. The molecule has 1 fully saturated rings. The average molecular weight is 300 g/mol. The SMILES string of the molecule is CC(C)(C)c1cccc2c1C(=O)N(C1CCC(=O)NC1=O)C2. The fraction of sp³-hybridized carbons (Fsp3) is 0.471. The lowest BCUT2D eigenvalue weighted by Crippen LogP contribution is -2.52. The molecule has 1 N–H and O–H groups in total. The summed E-state index contributed by atoms with van der Waals surface area (Å²) in [6, 6.07) is 5.32. The molecule has 0 spiro atoms. The van der Waals surface area contributed by atoms with E-state index in [4.69, 9.17) is 0 Å². The number of piperidine rings is 1. The molecule has 1 unspecified atom stereocenters. The number of amides is 3. The van der Waals surface area contributed by atoms with Crippen molar-refractivity contribution in [2.75, 3.05) is 0 Å². The molecule has 5 heteroatoms. The number of carbonyl (C=O) groups excluding carboxylic acids is 3. The quantitative estimate of drug-likeness (QED) is 0.803. The van der Waals surface area contributed by atoms with E-state index in [1.54, 1.807) is 4.90 Å². The van der Waals surface area contributed by atoms with Gasteiger partial charge in [-0.2, -0.15) is 0 Å². The Morgan fingerprint density at radius 2 is 1.91 bits per heavy atom. The van der Waals surface area contributed by atoms with E-state index < -0.39 is 6.04 Å². The van der Waals surface area contributed by atoms with Crippen LogP contribution < -0.4 is 5.32 Å². The van der Waals surface area contributed by atoms with Crippen LogP contribution in [0.2, 0.25) is 0 Å². The van der Waals surface area contributed by atoms with Crippen molar-refractivity contribution in [3.63, 3.8) is 0 Å². The van der Waals surface area contributed by atoms with Gasteiger partial charge < -0.3 is 4.90 Å². The number of fused-ring (bicyclic) bond motifs is 1. The molecule has 1 atom stereocenters. The van der Waals surface area contributed by atoms with Crippen LogP contribution in [-0.2, 0) is 21.5 Å². The Morgan fingerprint density at radius 3 is 2.55 bits per heavy atom. The first-order valence-electron chi connectivity index (χ1n) is 7.56. The highest BCUT2D eigenvalue weighted by Gasteiger charge is 2.40. The summed E-state index contributed by atoms with van der Waals surface area (Å²) in [7, 11) is 0. The maximum Gasteiger partial charge on any atom is 0.255 e. The van der Waals surface area contributed by atoms with E-state index in [0.29, 0.717) is 13.0 Å². The number of hydrogen-bond acceptors (Lipinski definition) is 3. The normalized spacial score (nSPS) is 21.9. The van der Waals surface area contributed by atoms with Gasteiger partial charge in [0, 0.05) is 18.5 Å². The zero-order valence-corrected chi connectivity index (χ0v) is 13.1. The lowest BCUT2D eigenvalue weighted by Gasteiger charge is -2.29. The average Bonchev–Trinajstić information content (AvgIpc) is 2.75. The van der Waals surface area contributed by atoms with Gasteiger partial charge >= 0.3 is 0 Å². The molecule has 0 bridgehead atoms. The molecule has 1 aromatic rings. The summed E-state index contributed by atoms with van der Waals surface area (Å²) in [5.74, 6) is -0.731. The lowest BCUT2D eigenvalue weighted by molar-refractivity contribution is -0.136. The molecular formula is C17H20N2O3. The fourth-order valence-electron chi connectivity index (χ4n) is 3.24. The molecule has 0 radical (unpaired) electrons. The van der Waals surface area contributed by atoms with Gasteiger partial charge in [0.15, 0.2) is 0 Å². The number of rotatable bonds is 1. The third kappa shape index (κ3) is 2.30. The van der Waals surface area contributed by atoms with Gasteiger partial charge in [0.1, 0.15) is 6.04 Å². The van der Waals surface area contributed by atoms with Gasteiger partial charge in [-0.3, -0.25) is 19.7 Å². The van der Waals surface area contributed by atoms with Gasteiger partial charge in [-0.25, -0.2) is 0 Å². The first-order valence-corrected chi connectivity index (χ1v) is 7.56. The molecule has 3 amide bonds. The summed E-state index contributed by atoms with van der Waals surface area (Å²) in [4.78, 5) is 37.8. The molecular weight excluding hydrogens is 280 g/mol. The Labute approximate surface area is 129 Å². The summed E-state index contributed by atoms with van der Waals surface area (Å²) in [6.07, 6.45) is 0.678. The maximum absolute atomic E-state index is 12.9. The fourth-order valence-corrected chi connectivity index (χ4v) is 3.24. The summed E-state index contributed by atoms with van der Waals surface area (Å²) < 4.78 is 0. The molecule has 3 rings (SSSR count). The van der Waals surface area contributed by atoms with Crippen LogP contribution in [-0.4, -0.2) is 28.7 Å². The second-order valence-corrected chi connectivity index (χ2v) is 6.99. The van der Waals surface area contributed by atoms with Crippen LogP contribution in [0.15, 0.2) is 18.2 Å². The molecule has 2 aliphatic heterocycles. The molecule has 22 heavy (non-hydrogen) atoms. The molecule has 0 aromatic heterocycles. The summed E-state index contributed by atoms with van der Waals surface area (Å²) in [5.41, 5.74) is 2.55. The second kappa shape index (κ2) is 4.93. The molecule has 0 saturated carbocycles. The third-order valence-electron chi connectivity index (χ3n) is 4.36. The van der Waals surface area contributed by atoms with E-state index in [0.717, 1.165) is 16.7 Å². The van der Waals surface area contributed by atoms with Crippen molar-refractivity contribution in [2.45, 2.75) is 51.6 Å². The Bertz CT molecular complexity index is 673. The minimum atomic E-state index is -0.551. The number of carbonyl (C=O) groups is 3. The third-order valence-corrected chi connectivity index (χ3v) is 4.36. The Hall–Kier alpha value is -2.17. The highest BCUT2D eigenvalue weighted by atomic mass is 16.2. The van der Waals surface area contributed by atoms with Gasteiger partial charge in [0.2, 0.25) is 11.8 Å². The summed E-state index contributed by atoms with van der Waals surface area (Å²) in [5, 5.41) is 2.33. The van der Waals surface area contributed by atoms with Crippen LogP contribution in [0.5, 0.6) is 0 Å². The van der Waals surface area contributed by atoms with Crippen molar-refractivity contribution in [3.05, 3.63) is 34.9 Å². The summed E-state index contributed by atoms with van der Waals surface area (Å²) in [6.45, 7) is 6.66. The molecule has 2 aliphatic rings. The molecule has 2 heterocycles. The van der Waals surface area contributed by atoms with Gasteiger partial charge in [-0.05, 0) is 23.0 Å². The maximum atomic E-state index is 12.9. The van der Waals surface area contributed by atoms with Crippen molar-refractivity contribution < 1.29 is 14.4 Å². The second-order valence-electron chi connectivity index (χ2n) is 6.99. The number of nitrogens with zero attached hydrogens (tertiary/aromatic N) is 1. The number of imide groups is 1. The number of nitrogens with one attached hydrogen (secondary N) is 1. The largest absolute Gasteiger partial charge is 0.322 e. The van der Waals surface area contributed by atoms with E-state index in [9.17, 15) is 14.4 Å². The predicted octanol–water partition coefficient (Wildman–Crippen LogP) is 1.75. The monoisotopic (exact) mass is 300 g/mol. The van der Waals surface area contributed by atoms with Crippen molar-refractivity contribution in [1.29, 1.82) is 0 Å². The van der Waals surface area contributed by atoms with Crippen LogP contribution in [0.1, 0.15) is 55.1 Å². The number of benzene rings is 1. The summed E-state index contributed by atoms with van der Waals surface area (Å²) >= 11 is 0. The smallest absolute Gasteiger partial charge is 0.255 e. The minimum absolute atomic E-state index is 0.102. The topological polar surface area (TPSA) is 66.5 Å². The Balaban J connectivity index is 1.95. The van der Waals surface area contributed by atoms with E-state index >= 15 is 0 Å². The van der Waals surface area contributed by atoms with Crippen molar-refractivity contribution in [2.24, 2.45) is 0 Å². The van der Waals surface area contributed by atoms with Crippen molar-refractivity contribution in [3.8, 4) is 0 Å². The van der Waals surface area contributed by atoms with Crippen LogP contribution in [0.25, 0.3) is 0 Å². The Morgan fingerprint density at radius 1 is 1.18 bits per heavy atom. The van der Waals surface area contributed by atoms with Gasteiger partial charge in [0.25, 0.3) is 5.91 Å². The molecule has 116 valence electrons. The molecule has 1 aromatic carbocycles. The highest BCUT2D eigenvalue weighted by molar-refractivity contribution is 6.06. The van der Waals surface area contributed by atoms with E-state index in [2.05, 4.69) is 26.1 Å². The zero-order chi connectivity index (χ0) is 16.1. The van der Waals surface area contributed by atoms with Crippen molar-refractivity contribution >= 4 is 17.7 Å². The van der Waals surface area contributed by atoms with Crippen LogP contribution in [0.3, 0.4) is 0 Å². The van der Waals surface area contributed by atoms with Gasteiger partial charge in [-0.15, -0.1) is 0 Å². The molecule has 0 aliphatic carbocycles. The van der Waals surface area contributed by atoms with Gasteiger partial charge in [-0.1, -0.05) is 39.0 Å². The van der Waals surface area contributed by atoms with Crippen LogP contribution in [0, 0.1) is 0 Å². The van der Waals surface area contributed by atoms with Crippen molar-refractivity contribution in [1.82, 2.24) is 10.2 Å². The standard InChI is InChI=1S/C17H20N2O3/c1-17(2,3)11-6-4-5-10-9-19(16(22)14(10)11)12-7-8-13(20)18-15(12)21/h4-6,12H,7-9H2,1-3H3,(H,18,20,21). The molecule has 1 saturated heterocycles.